The van der Waals surface area contributed by atoms with Gasteiger partial charge in [0.15, 0.2) is 5.78 Å². The third-order valence-electron chi connectivity index (χ3n) is 5.45. The molecule has 1 aromatic heterocycles. The summed E-state index contributed by atoms with van der Waals surface area (Å²) in [5, 5.41) is 4.45. The standard InChI is InChI=1S/C25H24Cl2N4O/c1-2-20(32)14-17-7-6-8-18(13-17)24-22(27)16-28-25(30-24)29-19-9-10-21(26)23(15-19)31-11-4-3-5-12-31/h2,6-10,13,15-16H,1,3-5,11-12,14H2,(H,28,29,30). The maximum atomic E-state index is 11.7. The highest BCUT2D eigenvalue weighted by Gasteiger charge is 2.15. The second kappa shape index (κ2) is 10.2. The number of carbonyl (C=O) groups is 1. The van der Waals surface area contributed by atoms with Gasteiger partial charge >= 0.3 is 0 Å². The fourth-order valence-corrected chi connectivity index (χ4v) is 4.27. The molecule has 0 unspecified atom stereocenters. The molecular weight excluding hydrogens is 443 g/mol. The van der Waals surface area contributed by atoms with Gasteiger partial charge < -0.3 is 10.2 Å². The van der Waals surface area contributed by atoms with Crippen LogP contribution in [0.25, 0.3) is 11.3 Å². The van der Waals surface area contributed by atoms with E-state index in [0.717, 1.165) is 40.6 Å². The number of benzene rings is 2. The molecule has 164 valence electrons. The molecule has 7 heteroatoms. The summed E-state index contributed by atoms with van der Waals surface area (Å²) in [5.74, 6) is 0.398. The molecule has 0 aliphatic carbocycles. The molecule has 32 heavy (non-hydrogen) atoms. The maximum Gasteiger partial charge on any atom is 0.227 e. The lowest BCUT2D eigenvalue weighted by molar-refractivity contribution is -0.114. The van der Waals surface area contributed by atoms with Gasteiger partial charge in [0.2, 0.25) is 5.95 Å². The Kier molecular flexibility index (Phi) is 7.08. The number of rotatable bonds is 7. The highest BCUT2D eigenvalue weighted by atomic mass is 35.5. The summed E-state index contributed by atoms with van der Waals surface area (Å²) in [6, 6.07) is 13.4. The van der Waals surface area contributed by atoms with Crippen molar-refractivity contribution in [3.05, 3.63) is 76.9 Å². The van der Waals surface area contributed by atoms with Crippen molar-refractivity contribution >= 4 is 46.3 Å². The number of nitrogens with zero attached hydrogens (tertiary/aromatic N) is 3. The van der Waals surface area contributed by atoms with E-state index in [0.29, 0.717) is 16.7 Å². The van der Waals surface area contributed by atoms with E-state index in [1.54, 1.807) is 6.20 Å². The van der Waals surface area contributed by atoms with Crippen LogP contribution >= 0.6 is 23.2 Å². The van der Waals surface area contributed by atoms with E-state index in [4.69, 9.17) is 23.2 Å². The summed E-state index contributed by atoms with van der Waals surface area (Å²) in [6.07, 6.45) is 6.81. The predicted molar refractivity (Wildman–Crippen MR) is 132 cm³/mol. The molecule has 1 aliphatic heterocycles. The number of aromatic nitrogens is 2. The van der Waals surface area contributed by atoms with Crippen LogP contribution in [-0.4, -0.2) is 28.8 Å². The van der Waals surface area contributed by atoms with Crippen LogP contribution in [0.3, 0.4) is 0 Å². The Hall–Kier alpha value is -2.89. The molecule has 0 radical (unpaired) electrons. The zero-order valence-corrected chi connectivity index (χ0v) is 19.2. The van der Waals surface area contributed by atoms with Crippen LogP contribution in [0.4, 0.5) is 17.3 Å². The molecule has 0 atom stereocenters. The normalized spacial score (nSPS) is 13.6. The number of nitrogens with one attached hydrogen (secondary N) is 1. The van der Waals surface area contributed by atoms with Gasteiger partial charge in [-0.15, -0.1) is 0 Å². The van der Waals surface area contributed by atoms with E-state index in [-0.39, 0.29) is 12.2 Å². The number of allylic oxidation sites excluding steroid dienone is 1. The summed E-state index contributed by atoms with van der Waals surface area (Å²) < 4.78 is 0. The zero-order chi connectivity index (χ0) is 22.5. The Balaban J connectivity index is 1.59. The van der Waals surface area contributed by atoms with Crippen LogP contribution in [-0.2, 0) is 11.2 Å². The van der Waals surface area contributed by atoms with Crippen LogP contribution in [0, 0.1) is 0 Å². The highest BCUT2D eigenvalue weighted by molar-refractivity contribution is 6.33. The fourth-order valence-electron chi connectivity index (χ4n) is 3.83. The van der Waals surface area contributed by atoms with Crippen LogP contribution < -0.4 is 10.2 Å². The molecule has 0 bridgehead atoms. The molecule has 0 saturated carbocycles. The molecule has 1 N–H and O–H groups in total. The minimum atomic E-state index is -0.0365. The van der Waals surface area contributed by atoms with Crippen LogP contribution in [0.5, 0.6) is 0 Å². The molecule has 0 amide bonds. The number of halogens is 2. The Morgan fingerprint density at radius 3 is 2.69 bits per heavy atom. The Bertz CT molecular complexity index is 1140. The Labute approximate surface area is 198 Å². The second-order valence-electron chi connectivity index (χ2n) is 7.78. The first-order valence-corrected chi connectivity index (χ1v) is 11.4. The van der Waals surface area contributed by atoms with E-state index in [1.165, 1.54) is 25.3 Å². The second-order valence-corrected chi connectivity index (χ2v) is 8.59. The molecule has 0 spiro atoms. The van der Waals surface area contributed by atoms with E-state index >= 15 is 0 Å². The van der Waals surface area contributed by atoms with E-state index in [1.807, 2.05) is 42.5 Å². The summed E-state index contributed by atoms with van der Waals surface area (Å²) in [5.41, 5.74) is 4.17. The van der Waals surface area contributed by atoms with E-state index < -0.39 is 0 Å². The van der Waals surface area contributed by atoms with Gasteiger partial charge in [-0.2, -0.15) is 0 Å². The lowest BCUT2D eigenvalue weighted by Crippen LogP contribution is -2.29. The summed E-state index contributed by atoms with van der Waals surface area (Å²) in [6.45, 7) is 5.55. The monoisotopic (exact) mass is 466 g/mol. The van der Waals surface area contributed by atoms with Crippen molar-refractivity contribution in [3.8, 4) is 11.3 Å². The molecule has 2 aromatic carbocycles. The average Bonchev–Trinajstić information content (AvgIpc) is 2.82. The zero-order valence-electron chi connectivity index (χ0n) is 17.7. The molecule has 1 aliphatic rings. The molecule has 1 fully saturated rings. The van der Waals surface area contributed by atoms with Gasteiger partial charge in [0.1, 0.15) is 0 Å². The van der Waals surface area contributed by atoms with Crippen molar-refractivity contribution in [1.29, 1.82) is 0 Å². The fraction of sp³-hybridized carbons (Fsp3) is 0.240. The van der Waals surface area contributed by atoms with Gasteiger partial charge in [0, 0.05) is 30.8 Å². The number of anilines is 3. The van der Waals surface area contributed by atoms with Gasteiger partial charge in [-0.05, 0) is 55.2 Å². The predicted octanol–water partition coefficient (Wildman–Crippen LogP) is 6.48. The van der Waals surface area contributed by atoms with Crippen molar-refractivity contribution in [2.24, 2.45) is 0 Å². The molecule has 1 saturated heterocycles. The van der Waals surface area contributed by atoms with Crippen molar-refractivity contribution in [3.63, 3.8) is 0 Å². The third kappa shape index (κ3) is 5.29. The van der Waals surface area contributed by atoms with Crippen LogP contribution in [0.2, 0.25) is 10.0 Å². The first kappa shape index (κ1) is 22.3. The largest absolute Gasteiger partial charge is 0.370 e. The smallest absolute Gasteiger partial charge is 0.227 e. The lowest BCUT2D eigenvalue weighted by atomic mass is 10.0. The van der Waals surface area contributed by atoms with Crippen LogP contribution in [0.15, 0.2) is 61.3 Å². The average molecular weight is 467 g/mol. The van der Waals surface area contributed by atoms with Crippen molar-refractivity contribution in [2.75, 3.05) is 23.3 Å². The molecule has 5 nitrogen and oxygen atoms in total. The number of hydrogen-bond acceptors (Lipinski definition) is 5. The highest BCUT2D eigenvalue weighted by Crippen LogP contribution is 2.33. The van der Waals surface area contributed by atoms with Crippen molar-refractivity contribution in [2.45, 2.75) is 25.7 Å². The van der Waals surface area contributed by atoms with Gasteiger partial charge in [-0.3, -0.25) is 4.79 Å². The Morgan fingerprint density at radius 1 is 1.09 bits per heavy atom. The van der Waals surface area contributed by atoms with Gasteiger partial charge in [0.25, 0.3) is 0 Å². The summed E-state index contributed by atoms with van der Waals surface area (Å²) >= 11 is 12.9. The van der Waals surface area contributed by atoms with E-state index in [9.17, 15) is 4.79 Å². The van der Waals surface area contributed by atoms with Gasteiger partial charge in [-0.25, -0.2) is 9.97 Å². The first-order chi connectivity index (χ1) is 15.5. The molecule has 2 heterocycles. The molecule has 3 aromatic rings. The number of piperidine rings is 1. The molecular formula is C25H24Cl2N4O. The lowest BCUT2D eigenvalue weighted by Gasteiger charge is -2.30. The quantitative estimate of drug-likeness (QED) is 0.403. The Morgan fingerprint density at radius 2 is 1.91 bits per heavy atom. The van der Waals surface area contributed by atoms with Crippen molar-refractivity contribution in [1.82, 2.24) is 9.97 Å². The van der Waals surface area contributed by atoms with Crippen molar-refractivity contribution < 1.29 is 4.79 Å². The van der Waals surface area contributed by atoms with Gasteiger partial charge in [0.05, 0.1) is 27.6 Å². The summed E-state index contributed by atoms with van der Waals surface area (Å²) in [4.78, 5) is 23.0. The molecule has 4 rings (SSSR count). The van der Waals surface area contributed by atoms with Gasteiger partial charge in [-0.1, -0.05) is 48.0 Å². The number of carbonyl (C=O) groups excluding carboxylic acids is 1. The SMILES string of the molecule is C=CC(=O)Cc1cccc(-c2nc(Nc3ccc(Cl)c(N4CCCCC4)c3)ncc2Cl)c1. The maximum absolute atomic E-state index is 11.7. The number of ketones is 1. The first-order valence-electron chi connectivity index (χ1n) is 10.6. The third-order valence-corrected chi connectivity index (χ3v) is 6.05. The minimum Gasteiger partial charge on any atom is -0.370 e. The van der Waals surface area contributed by atoms with Crippen LogP contribution in [0.1, 0.15) is 24.8 Å². The van der Waals surface area contributed by atoms with E-state index in [2.05, 4.69) is 26.8 Å². The minimum absolute atomic E-state index is 0.0365. The topological polar surface area (TPSA) is 58.1 Å². The number of hydrogen-bond donors (Lipinski definition) is 1. The summed E-state index contributed by atoms with van der Waals surface area (Å²) in [7, 11) is 0.